The van der Waals surface area contributed by atoms with Gasteiger partial charge in [-0.2, -0.15) is 0 Å². The standard InChI is InChI=1S/C12H16N2O2/c1-14-6-10(7-14)8-2-4-9(5-3-8)11(13)12(15)16/h2-5,10-11H,6-7,13H2,1H3,(H,15,16). The van der Waals surface area contributed by atoms with Gasteiger partial charge in [0.2, 0.25) is 0 Å². The molecule has 1 heterocycles. The fourth-order valence-electron chi connectivity index (χ4n) is 2.03. The lowest BCUT2D eigenvalue weighted by atomic mass is 9.91. The zero-order valence-electron chi connectivity index (χ0n) is 9.26. The highest BCUT2D eigenvalue weighted by atomic mass is 16.4. The SMILES string of the molecule is CN1CC(c2ccc(C(N)C(=O)O)cc2)C1. The number of rotatable bonds is 3. The lowest BCUT2D eigenvalue weighted by molar-refractivity contribution is -0.138. The van der Waals surface area contributed by atoms with E-state index in [1.54, 1.807) is 0 Å². The van der Waals surface area contributed by atoms with Crippen molar-refractivity contribution in [2.24, 2.45) is 5.73 Å². The van der Waals surface area contributed by atoms with Gasteiger partial charge in [-0.25, -0.2) is 0 Å². The first-order valence-corrected chi connectivity index (χ1v) is 5.34. The molecule has 4 nitrogen and oxygen atoms in total. The third kappa shape index (κ3) is 2.08. The van der Waals surface area contributed by atoms with Crippen molar-refractivity contribution in [2.75, 3.05) is 20.1 Å². The normalized spacial score (nSPS) is 19.1. The molecule has 3 N–H and O–H groups in total. The second-order valence-corrected chi connectivity index (χ2v) is 4.40. The predicted molar refractivity (Wildman–Crippen MR) is 61.2 cm³/mol. The van der Waals surface area contributed by atoms with Gasteiger partial charge in [0.05, 0.1) is 0 Å². The van der Waals surface area contributed by atoms with Crippen LogP contribution < -0.4 is 5.73 Å². The molecule has 0 radical (unpaired) electrons. The van der Waals surface area contributed by atoms with Crippen molar-refractivity contribution < 1.29 is 9.90 Å². The molecule has 1 unspecified atom stereocenters. The largest absolute Gasteiger partial charge is 0.480 e. The van der Waals surface area contributed by atoms with Crippen LogP contribution in [0.4, 0.5) is 0 Å². The van der Waals surface area contributed by atoms with E-state index in [0.29, 0.717) is 11.5 Å². The lowest BCUT2D eigenvalue weighted by Gasteiger charge is -2.36. The zero-order valence-corrected chi connectivity index (χ0v) is 9.26. The van der Waals surface area contributed by atoms with E-state index in [4.69, 9.17) is 10.8 Å². The number of carbonyl (C=O) groups is 1. The molecule has 1 atom stereocenters. The van der Waals surface area contributed by atoms with E-state index >= 15 is 0 Å². The summed E-state index contributed by atoms with van der Waals surface area (Å²) in [7, 11) is 2.09. The summed E-state index contributed by atoms with van der Waals surface area (Å²) in [6.45, 7) is 2.15. The summed E-state index contributed by atoms with van der Waals surface area (Å²) in [6, 6.07) is 6.67. The van der Waals surface area contributed by atoms with Crippen molar-refractivity contribution in [3.05, 3.63) is 35.4 Å². The van der Waals surface area contributed by atoms with Gasteiger partial charge >= 0.3 is 5.97 Å². The molecule has 0 aromatic heterocycles. The molecule has 1 saturated heterocycles. The highest BCUT2D eigenvalue weighted by molar-refractivity contribution is 5.75. The summed E-state index contributed by atoms with van der Waals surface area (Å²) >= 11 is 0. The number of hydrogen-bond acceptors (Lipinski definition) is 3. The fraction of sp³-hybridized carbons (Fsp3) is 0.417. The van der Waals surface area contributed by atoms with Crippen molar-refractivity contribution in [3.8, 4) is 0 Å². The quantitative estimate of drug-likeness (QED) is 0.790. The van der Waals surface area contributed by atoms with Gasteiger partial charge in [-0.3, -0.25) is 4.79 Å². The number of carboxylic acid groups (broad SMARTS) is 1. The molecule has 0 amide bonds. The Morgan fingerprint density at radius 3 is 2.44 bits per heavy atom. The van der Waals surface area contributed by atoms with Crippen LogP contribution in [-0.4, -0.2) is 36.1 Å². The van der Waals surface area contributed by atoms with E-state index in [1.165, 1.54) is 5.56 Å². The molecule has 1 aliphatic rings. The average molecular weight is 220 g/mol. The molecular weight excluding hydrogens is 204 g/mol. The number of likely N-dealkylation sites (N-methyl/N-ethyl adjacent to an activating group) is 1. The molecule has 0 bridgehead atoms. The number of nitrogens with two attached hydrogens (primary N) is 1. The number of aliphatic carboxylic acids is 1. The molecule has 1 fully saturated rings. The lowest BCUT2D eigenvalue weighted by Crippen LogP contribution is -2.41. The molecule has 1 aliphatic heterocycles. The Morgan fingerprint density at radius 2 is 2.00 bits per heavy atom. The van der Waals surface area contributed by atoms with Gasteiger partial charge in [0, 0.05) is 19.0 Å². The molecule has 2 rings (SSSR count). The van der Waals surface area contributed by atoms with Crippen LogP contribution >= 0.6 is 0 Å². The Labute approximate surface area is 94.7 Å². The maximum atomic E-state index is 10.7. The van der Waals surface area contributed by atoms with Gasteiger partial charge in [0.25, 0.3) is 0 Å². The van der Waals surface area contributed by atoms with Crippen LogP contribution in [0.5, 0.6) is 0 Å². The van der Waals surface area contributed by atoms with Crippen LogP contribution in [0.15, 0.2) is 24.3 Å². The first kappa shape index (κ1) is 11.1. The highest BCUT2D eigenvalue weighted by Gasteiger charge is 2.24. The summed E-state index contributed by atoms with van der Waals surface area (Å²) in [6.07, 6.45) is 0. The molecule has 0 spiro atoms. The Morgan fingerprint density at radius 1 is 1.44 bits per heavy atom. The van der Waals surface area contributed by atoms with Gasteiger partial charge in [-0.05, 0) is 18.2 Å². The first-order chi connectivity index (χ1) is 7.58. The van der Waals surface area contributed by atoms with E-state index in [-0.39, 0.29) is 0 Å². The van der Waals surface area contributed by atoms with E-state index in [0.717, 1.165) is 13.1 Å². The summed E-state index contributed by atoms with van der Waals surface area (Å²) in [5, 5.41) is 8.77. The van der Waals surface area contributed by atoms with Crippen LogP contribution in [0.1, 0.15) is 23.1 Å². The van der Waals surface area contributed by atoms with Crippen LogP contribution in [0.25, 0.3) is 0 Å². The summed E-state index contributed by atoms with van der Waals surface area (Å²) in [4.78, 5) is 12.9. The molecular formula is C12H16N2O2. The van der Waals surface area contributed by atoms with Gasteiger partial charge in [-0.1, -0.05) is 24.3 Å². The minimum atomic E-state index is -0.990. The van der Waals surface area contributed by atoms with Crippen LogP contribution in [-0.2, 0) is 4.79 Å². The molecule has 16 heavy (non-hydrogen) atoms. The van der Waals surface area contributed by atoms with Gasteiger partial charge in [0.15, 0.2) is 0 Å². The second-order valence-electron chi connectivity index (χ2n) is 4.40. The minimum Gasteiger partial charge on any atom is -0.480 e. The van der Waals surface area contributed by atoms with E-state index in [1.807, 2.05) is 24.3 Å². The molecule has 1 aromatic carbocycles. The Hall–Kier alpha value is -1.39. The second kappa shape index (κ2) is 4.23. The van der Waals surface area contributed by atoms with E-state index in [2.05, 4.69) is 11.9 Å². The van der Waals surface area contributed by atoms with Gasteiger partial charge in [0.1, 0.15) is 6.04 Å². The monoisotopic (exact) mass is 220 g/mol. The zero-order chi connectivity index (χ0) is 11.7. The van der Waals surface area contributed by atoms with Crippen molar-refractivity contribution in [2.45, 2.75) is 12.0 Å². The van der Waals surface area contributed by atoms with Gasteiger partial charge < -0.3 is 15.7 Å². The third-order valence-corrected chi connectivity index (χ3v) is 3.10. The Bertz CT molecular complexity index is 383. The van der Waals surface area contributed by atoms with Crippen LogP contribution in [0, 0.1) is 0 Å². The number of benzene rings is 1. The molecule has 86 valence electrons. The molecule has 0 aliphatic carbocycles. The van der Waals surface area contributed by atoms with Crippen molar-refractivity contribution in [1.82, 2.24) is 4.90 Å². The van der Waals surface area contributed by atoms with Crippen molar-refractivity contribution >= 4 is 5.97 Å². The number of likely N-dealkylation sites (tertiary alicyclic amines) is 1. The van der Waals surface area contributed by atoms with Crippen LogP contribution in [0.3, 0.4) is 0 Å². The average Bonchev–Trinajstić information content (AvgIpc) is 2.24. The van der Waals surface area contributed by atoms with E-state index < -0.39 is 12.0 Å². The predicted octanol–water partition coefficient (Wildman–Crippen LogP) is 0.800. The third-order valence-electron chi connectivity index (χ3n) is 3.10. The Kier molecular flexibility index (Phi) is 2.94. The number of carboxylic acids is 1. The Balaban J connectivity index is 2.07. The molecule has 1 aromatic rings. The first-order valence-electron chi connectivity index (χ1n) is 5.34. The summed E-state index contributed by atoms with van der Waals surface area (Å²) in [5.41, 5.74) is 7.44. The summed E-state index contributed by atoms with van der Waals surface area (Å²) in [5.74, 6) is -0.406. The topological polar surface area (TPSA) is 66.6 Å². The smallest absolute Gasteiger partial charge is 0.325 e. The van der Waals surface area contributed by atoms with E-state index in [9.17, 15) is 4.79 Å². The number of hydrogen-bond donors (Lipinski definition) is 2. The molecule has 0 saturated carbocycles. The minimum absolute atomic E-state index is 0.583. The highest BCUT2D eigenvalue weighted by Crippen LogP contribution is 2.26. The fourth-order valence-corrected chi connectivity index (χ4v) is 2.03. The van der Waals surface area contributed by atoms with Crippen molar-refractivity contribution in [1.29, 1.82) is 0 Å². The van der Waals surface area contributed by atoms with Crippen molar-refractivity contribution in [3.63, 3.8) is 0 Å². The van der Waals surface area contributed by atoms with Crippen LogP contribution in [0.2, 0.25) is 0 Å². The maximum Gasteiger partial charge on any atom is 0.325 e. The summed E-state index contributed by atoms with van der Waals surface area (Å²) < 4.78 is 0. The molecule has 4 heteroatoms. The van der Waals surface area contributed by atoms with Gasteiger partial charge in [-0.15, -0.1) is 0 Å². The number of nitrogens with zero attached hydrogens (tertiary/aromatic N) is 1. The maximum absolute atomic E-state index is 10.7.